The summed E-state index contributed by atoms with van der Waals surface area (Å²) in [6, 6.07) is 14.9. The molecule has 1 aliphatic rings. The minimum atomic E-state index is -2.95. The number of pyridine rings is 2. The summed E-state index contributed by atoms with van der Waals surface area (Å²) in [5.41, 5.74) is 2.95. The van der Waals surface area contributed by atoms with E-state index in [1.807, 2.05) is 68.9 Å². The van der Waals surface area contributed by atoms with E-state index in [4.69, 9.17) is 14.0 Å². The fourth-order valence-electron chi connectivity index (χ4n) is 5.09. The Morgan fingerprint density at radius 2 is 1.82 bits per heavy atom. The average molecular weight is 441 g/mol. The number of rotatable bonds is 2. The lowest BCUT2D eigenvalue weighted by atomic mass is 9.84. The van der Waals surface area contributed by atoms with Crippen molar-refractivity contribution in [3.8, 4) is 22.4 Å². The highest BCUT2D eigenvalue weighted by atomic mass is 16.3. The Hall–Kier alpha value is -3.46. The molecule has 0 aliphatic heterocycles. The van der Waals surface area contributed by atoms with E-state index >= 15 is 0 Å². The van der Waals surface area contributed by atoms with Gasteiger partial charge in [0, 0.05) is 55.2 Å². The highest BCUT2D eigenvalue weighted by Gasteiger charge is 2.40. The topological polar surface area (TPSA) is 29.9 Å². The van der Waals surface area contributed by atoms with Crippen LogP contribution in [0.2, 0.25) is 0 Å². The Kier molecular flexibility index (Phi) is 2.86. The second-order valence-corrected chi connectivity index (χ2v) is 9.16. The predicted molar refractivity (Wildman–Crippen MR) is 135 cm³/mol. The van der Waals surface area contributed by atoms with Gasteiger partial charge < -0.3 is 4.42 Å². The normalized spacial score (nSPS) is 18.5. The van der Waals surface area contributed by atoms with Crippen LogP contribution in [0.4, 0.5) is 0 Å². The first kappa shape index (κ1) is 13.9. The number of nitrogens with zero attached hydrogens (tertiary/aromatic N) is 2. The summed E-state index contributed by atoms with van der Waals surface area (Å²) < 4.78 is 68.7. The maximum absolute atomic E-state index is 8.60. The van der Waals surface area contributed by atoms with Crippen molar-refractivity contribution in [1.82, 2.24) is 4.98 Å². The van der Waals surface area contributed by atoms with Crippen molar-refractivity contribution in [3.05, 3.63) is 83.3 Å². The van der Waals surface area contributed by atoms with Crippen molar-refractivity contribution < 1.29 is 18.6 Å². The van der Waals surface area contributed by atoms with Gasteiger partial charge in [0.15, 0.2) is 6.20 Å². The number of hydrogen-bond acceptors (Lipinski definition) is 2. The number of fused-ring (bicyclic) bond motifs is 7. The molecule has 0 amide bonds. The monoisotopic (exact) mass is 440 g/mol. The molecule has 3 aromatic heterocycles. The molecule has 33 heavy (non-hydrogen) atoms. The van der Waals surface area contributed by atoms with Crippen molar-refractivity contribution in [2.24, 2.45) is 7.05 Å². The Morgan fingerprint density at radius 1 is 1.03 bits per heavy atom. The number of furan rings is 1. The molecule has 0 unspecified atom stereocenters. The second-order valence-electron chi connectivity index (χ2n) is 9.16. The summed E-state index contributed by atoms with van der Waals surface area (Å²) in [5.74, 6) is -0.822. The lowest BCUT2D eigenvalue weighted by molar-refractivity contribution is -0.660. The molecule has 3 heteroatoms. The van der Waals surface area contributed by atoms with Gasteiger partial charge in [-0.3, -0.25) is 4.98 Å². The molecular formula is C30H29N2O+. The number of aryl methyl sites for hydroxylation is 2. The van der Waals surface area contributed by atoms with E-state index in [-0.39, 0.29) is 16.8 Å². The van der Waals surface area contributed by atoms with E-state index in [2.05, 4.69) is 4.98 Å². The summed E-state index contributed by atoms with van der Waals surface area (Å²) in [5, 5.41) is 1.39. The highest BCUT2D eigenvalue weighted by molar-refractivity contribution is 6.12. The molecule has 164 valence electrons. The van der Waals surface area contributed by atoms with Gasteiger partial charge in [-0.25, -0.2) is 4.57 Å². The third-order valence-corrected chi connectivity index (χ3v) is 6.83. The maximum Gasteiger partial charge on any atom is 0.216 e. The molecule has 0 radical (unpaired) electrons. The third kappa shape index (κ3) is 2.68. The van der Waals surface area contributed by atoms with Crippen LogP contribution in [-0.4, -0.2) is 4.98 Å². The fourth-order valence-corrected chi connectivity index (χ4v) is 5.09. The Bertz CT molecular complexity index is 1830. The van der Waals surface area contributed by atoms with Crippen LogP contribution in [0.5, 0.6) is 0 Å². The molecule has 0 atom stereocenters. The minimum absolute atomic E-state index is 0.0196. The van der Waals surface area contributed by atoms with Gasteiger partial charge in [0.1, 0.15) is 18.2 Å². The zero-order valence-corrected chi connectivity index (χ0v) is 19.1. The van der Waals surface area contributed by atoms with E-state index in [0.717, 1.165) is 27.8 Å². The van der Waals surface area contributed by atoms with Gasteiger partial charge in [-0.15, -0.1) is 0 Å². The SMILES string of the molecule is [2H]C(C)(C)c1cc[n+](C)c(-c2c(C)ccc3c2oc2c4c(ccc23)-c2cccnc2C4(C([2H])([2H])[2H])C([2H])([2H])[2H])c1. The molecular weight excluding hydrogens is 404 g/mol. The smallest absolute Gasteiger partial charge is 0.216 e. The number of aromatic nitrogens is 2. The minimum Gasteiger partial charge on any atom is -0.455 e. The number of benzene rings is 2. The molecule has 3 heterocycles. The standard InChI is InChI=1S/C30H29N2O/c1-17(2)19-13-15-32(6)24(16-19)25-18(3)9-10-21-22-12-11-20-23-8-7-14-31-29(23)30(4,5)26(20)28(22)33-27(21)25/h7-17H,1-6H3/q+1/i4D3,5D3,17D. The van der Waals surface area contributed by atoms with Gasteiger partial charge in [-0.1, -0.05) is 38.1 Å². The molecule has 0 spiro atoms. The quantitative estimate of drug-likeness (QED) is 0.271. The average Bonchev–Trinajstić information content (AvgIpc) is 3.37. The first-order valence-corrected chi connectivity index (χ1v) is 11.0. The zero-order chi connectivity index (χ0) is 29.0. The molecule has 0 saturated heterocycles. The van der Waals surface area contributed by atoms with Crippen molar-refractivity contribution >= 4 is 21.9 Å². The molecule has 0 N–H and O–H groups in total. The van der Waals surface area contributed by atoms with Gasteiger partial charge in [-0.2, -0.15) is 0 Å². The van der Waals surface area contributed by atoms with E-state index in [0.29, 0.717) is 22.1 Å². The van der Waals surface area contributed by atoms with Gasteiger partial charge in [0.25, 0.3) is 0 Å². The van der Waals surface area contributed by atoms with Crippen LogP contribution in [0.25, 0.3) is 44.3 Å². The largest absolute Gasteiger partial charge is 0.455 e. The van der Waals surface area contributed by atoms with Crippen molar-refractivity contribution in [2.45, 2.75) is 45.8 Å². The second kappa shape index (κ2) is 6.77. The fraction of sp³-hybridized carbons (Fsp3) is 0.267. The lowest BCUT2D eigenvalue weighted by Gasteiger charge is -2.20. The number of hydrogen-bond donors (Lipinski definition) is 0. The summed E-state index contributed by atoms with van der Waals surface area (Å²) in [7, 11) is 1.92. The van der Waals surface area contributed by atoms with Gasteiger partial charge >= 0.3 is 0 Å². The molecule has 0 bridgehead atoms. The van der Waals surface area contributed by atoms with Crippen LogP contribution in [-0.2, 0) is 12.5 Å². The van der Waals surface area contributed by atoms with Crippen LogP contribution < -0.4 is 4.57 Å². The van der Waals surface area contributed by atoms with Gasteiger partial charge in [0.05, 0.1) is 11.3 Å². The van der Waals surface area contributed by atoms with Crippen LogP contribution >= 0.6 is 0 Å². The molecule has 0 saturated carbocycles. The van der Waals surface area contributed by atoms with Crippen LogP contribution in [0, 0.1) is 6.92 Å². The van der Waals surface area contributed by atoms with E-state index < -0.39 is 25.0 Å². The van der Waals surface area contributed by atoms with Crippen molar-refractivity contribution in [1.29, 1.82) is 0 Å². The molecule has 5 aromatic rings. The van der Waals surface area contributed by atoms with Gasteiger partial charge in [-0.05, 0) is 55.3 Å². The van der Waals surface area contributed by atoms with Crippen LogP contribution in [0.3, 0.4) is 0 Å². The summed E-state index contributed by atoms with van der Waals surface area (Å²) >= 11 is 0. The molecule has 6 rings (SSSR count). The maximum atomic E-state index is 8.60. The van der Waals surface area contributed by atoms with E-state index in [1.54, 1.807) is 18.2 Å². The first-order chi connectivity index (χ1) is 18.6. The van der Waals surface area contributed by atoms with Gasteiger partial charge in [0.2, 0.25) is 5.69 Å². The first-order valence-electron chi connectivity index (χ1n) is 14.5. The summed E-state index contributed by atoms with van der Waals surface area (Å²) in [6.07, 6.45) is 3.35. The molecule has 3 nitrogen and oxygen atoms in total. The predicted octanol–water partition coefficient (Wildman–Crippen LogP) is 7.21. The van der Waals surface area contributed by atoms with E-state index in [1.165, 1.54) is 6.20 Å². The van der Waals surface area contributed by atoms with Crippen LogP contribution in [0.1, 0.15) is 65.4 Å². The summed E-state index contributed by atoms with van der Waals surface area (Å²) in [4.78, 5) is 4.36. The molecule has 2 aromatic carbocycles. The zero-order valence-electron chi connectivity index (χ0n) is 26.1. The molecule has 1 aliphatic carbocycles. The Morgan fingerprint density at radius 3 is 2.61 bits per heavy atom. The van der Waals surface area contributed by atoms with E-state index in [9.17, 15) is 0 Å². The Balaban J connectivity index is 1.78. The summed E-state index contributed by atoms with van der Waals surface area (Å²) in [6.45, 7) is -0.254. The lowest BCUT2D eigenvalue weighted by Crippen LogP contribution is -2.31. The molecule has 0 fully saturated rings. The third-order valence-electron chi connectivity index (χ3n) is 6.83. The van der Waals surface area contributed by atoms with Crippen LogP contribution in [0.15, 0.2) is 65.3 Å². The Labute approximate surface area is 204 Å². The van der Waals surface area contributed by atoms with Crippen molar-refractivity contribution in [2.75, 3.05) is 0 Å². The van der Waals surface area contributed by atoms with Crippen molar-refractivity contribution in [3.63, 3.8) is 0 Å². The highest BCUT2D eigenvalue weighted by Crippen LogP contribution is 2.52.